The number of rotatable bonds is 8. The first-order chi connectivity index (χ1) is 9.74. The number of aliphatic imine (C=N–C) groups is 1. The molecule has 0 aromatic rings. The fourth-order valence-corrected chi connectivity index (χ4v) is 1.67. The van der Waals surface area contributed by atoms with Crippen molar-refractivity contribution in [2.24, 2.45) is 10.7 Å². The molecule has 0 radical (unpaired) electrons. The van der Waals surface area contributed by atoms with Gasteiger partial charge in [0.25, 0.3) is 0 Å². The van der Waals surface area contributed by atoms with E-state index in [2.05, 4.69) is 17.8 Å². The Balaban J connectivity index is 5.82. The van der Waals surface area contributed by atoms with Crippen LogP contribution in [0.4, 0.5) is 0 Å². The summed E-state index contributed by atoms with van der Waals surface area (Å²) in [5.74, 6) is 0. The van der Waals surface area contributed by atoms with Crippen LogP contribution in [0.25, 0.3) is 0 Å². The molecule has 0 saturated carbocycles. The van der Waals surface area contributed by atoms with E-state index in [1.54, 1.807) is 0 Å². The third kappa shape index (κ3) is 6.86. The van der Waals surface area contributed by atoms with Crippen LogP contribution in [0.3, 0.4) is 0 Å². The van der Waals surface area contributed by atoms with Gasteiger partial charge in [0.2, 0.25) is 0 Å². The van der Waals surface area contributed by atoms with Crippen molar-refractivity contribution >= 4 is 6.72 Å². The third-order valence-electron chi connectivity index (χ3n) is 2.58. The Kier molecular flexibility index (Phi) is 11.0. The average molecular weight is 270 g/mol. The zero-order valence-corrected chi connectivity index (χ0v) is 12.8. The molecular weight excluding hydrogens is 244 g/mol. The van der Waals surface area contributed by atoms with Crippen LogP contribution >= 0.6 is 0 Å². The summed E-state index contributed by atoms with van der Waals surface area (Å²) in [4.78, 5) is 4.22. The molecule has 0 aliphatic carbocycles. The Morgan fingerprint density at radius 1 is 1.05 bits per heavy atom. The van der Waals surface area contributed by atoms with Crippen molar-refractivity contribution < 1.29 is 0 Å². The van der Waals surface area contributed by atoms with Crippen molar-refractivity contribution in [2.45, 2.75) is 27.2 Å². The van der Waals surface area contributed by atoms with Gasteiger partial charge in [0.05, 0.1) is 5.70 Å². The summed E-state index contributed by atoms with van der Waals surface area (Å²) in [6.45, 7) is 10.2. The Hall–Kier alpha value is -1.93. The summed E-state index contributed by atoms with van der Waals surface area (Å²) in [7, 11) is 0. The average Bonchev–Trinajstić information content (AvgIpc) is 2.47. The molecule has 0 heterocycles. The minimum absolute atomic E-state index is 0.515. The summed E-state index contributed by atoms with van der Waals surface area (Å²) >= 11 is 0. The molecule has 0 aliphatic rings. The first-order valence-electron chi connectivity index (χ1n) is 6.88. The minimum Gasteiger partial charge on any atom is -0.327 e. The lowest BCUT2D eigenvalue weighted by Gasteiger charge is -2.08. The van der Waals surface area contributed by atoms with Gasteiger partial charge in [0, 0.05) is 12.1 Å². The van der Waals surface area contributed by atoms with Gasteiger partial charge < -0.3 is 5.73 Å². The molecule has 2 heteroatoms. The predicted octanol–water partition coefficient (Wildman–Crippen LogP) is 4.50. The fourth-order valence-electron chi connectivity index (χ4n) is 1.67. The van der Waals surface area contributed by atoms with Crippen LogP contribution in [-0.4, -0.2) is 13.3 Å². The number of nitrogens with zero attached hydrogens (tertiary/aromatic N) is 1. The van der Waals surface area contributed by atoms with Crippen molar-refractivity contribution in [3.8, 4) is 0 Å². The van der Waals surface area contributed by atoms with Gasteiger partial charge in [-0.3, -0.25) is 4.99 Å². The molecule has 0 aliphatic heterocycles. The standard InChI is InChI=1S/C18H26N2/c1-5-8-12-16(11-7-3)18(20-4)17(13-9-6-2)14-10-15-19/h5-12,14H,4,13,15,19H2,1-3H3/b8-5+,9-6+,11-7-,14-10-,16-12+,18-17-. The molecule has 2 nitrogen and oxygen atoms in total. The van der Waals surface area contributed by atoms with Crippen molar-refractivity contribution in [3.05, 3.63) is 71.5 Å². The maximum Gasteiger partial charge on any atom is 0.0729 e. The maximum atomic E-state index is 5.55. The van der Waals surface area contributed by atoms with Gasteiger partial charge in [-0.25, -0.2) is 0 Å². The molecule has 0 atom stereocenters. The second-order valence-electron chi connectivity index (χ2n) is 4.09. The largest absolute Gasteiger partial charge is 0.327 e. The van der Waals surface area contributed by atoms with E-state index in [1.165, 1.54) is 0 Å². The van der Waals surface area contributed by atoms with Crippen LogP contribution in [0.1, 0.15) is 27.2 Å². The summed E-state index contributed by atoms with van der Waals surface area (Å²) in [5.41, 5.74) is 8.59. The minimum atomic E-state index is 0.515. The summed E-state index contributed by atoms with van der Waals surface area (Å²) in [6.07, 6.45) is 19.0. The molecule has 108 valence electrons. The number of allylic oxidation sites excluding steroid dienone is 9. The summed E-state index contributed by atoms with van der Waals surface area (Å²) in [5, 5.41) is 0. The first-order valence-corrected chi connectivity index (χ1v) is 6.88. The van der Waals surface area contributed by atoms with Crippen LogP contribution in [0.2, 0.25) is 0 Å². The van der Waals surface area contributed by atoms with Gasteiger partial charge in [-0.2, -0.15) is 0 Å². The second-order valence-corrected chi connectivity index (χ2v) is 4.09. The molecule has 0 saturated heterocycles. The smallest absolute Gasteiger partial charge is 0.0729 e. The topological polar surface area (TPSA) is 38.4 Å². The highest BCUT2D eigenvalue weighted by atomic mass is 14.7. The van der Waals surface area contributed by atoms with Gasteiger partial charge in [0.15, 0.2) is 0 Å². The molecule has 2 N–H and O–H groups in total. The van der Waals surface area contributed by atoms with Gasteiger partial charge in [-0.05, 0) is 39.5 Å². The molecule has 0 unspecified atom stereocenters. The molecule has 0 fully saturated rings. The first kappa shape index (κ1) is 18.1. The molecular formula is C18H26N2. The quantitative estimate of drug-likeness (QED) is 0.393. The number of hydrogen-bond donors (Lipinski definition) is 1. The Labute approximate surface area is 123 Å². The van der Waals surface area contributed by atoms with E-state index in [0.717, 1.165) is 23.3 Å². The van der Waals surface area contributed by atoms with Crippen molar-refractivity contribution in [3.63, 3.8) is 0 Å². The Morgan fingerprint density at radius 2 is 1.80 bits per heavy atom. The van der Waals surface area contributed by atoms with E-state index in [9.17, 15) is 0 Å². The highest BCUT2D eigenvalue weighted by Gasteiger charge is 2.05. The molecule has 0 bridgehead atoms. The van der Waals surface area contributed by atoms with E-state index in [-0.39, 0.29) is 0 Å². The molecule has 0 amide bonds. The summed E-state index contributed by atoms with van der Waals surface area (Å²) < 4.78 is 0. The molecule has 0 aromatic heterocycles. The molecule has 0 spiro atoms. The van der Waals surface area contributed by atoms with E-state index >= 15 is 0 Å². The SMILES string of the molecule is C=NC(=C(\C=C/CN)C/C=C/C)/C(/C=C\C)=C/C=C/C. The lowest BCUT2D eigenvalue weighted by atomic mass is 10.0. The molecule has 20 heavy (non-hydrogen) atoms. The van der Waals surface area contributed by atoms with Crippen LogP contribution in [0.5, 0.6) is 0 Å². The van der Waals surface area contributed by atoms with Crippen LogP contribution in [0.15, 0.2) is 76.5 Å². The van der Waals surface area contributed by atoms with Gasteiger partial charge in [-0.1, -0.05) is 54.7 Å². The van der Waals surface area contributed by atoms with Gasteiger partial charge in [0.1, 0.15) is 0 Å². The molecule has 0 rings (SSSR count). The van der Waals surface area contributed by atoms with Crippen molar-refractivity contribution in [2.75, 3.05) is 6.54 Å². The number of nitrogens with two attached hydrogens (primary N) is 1. The fraction of sp³-hybridized carbons (Fsp3) is 0.278. The lowest BCUT2D eigenvalue weighted by molar-refractivity contribution is 1.17. The normalized spacial score (nSPS) is 14.9. The zero-order chi connectivity index (χ0) is 15.2. The number of hydrogen-bond acceptors (Lipinski definition) is 2. The predicted molar refractivity (Wildman–Crippen MR) is 91.9 cm³/mol. The van der Waals surface area contributed by atoms with Crippen molar-refractivity contribution in [1.82, 2.24) is 0 Å². The Bertz CT molecular complexity index is 458. The second kappa shape index (κ2) is 12.1. The summed E-state index contributed by atoms with van der Waals surface area (Å²) in [6, 6.07) is 0. The van der Waals surface area contributed by atoms with Crippen LogP contribution in [0, 0.1) is 0 Å². The molecule has 0 aromatic carbocycles. The van der Waals surface area contributed by atoms with Crippen LogP contribution < -0.4 is 5.73 Å². The zero-order valence-electron chi connectivity index (χ0n) is 12.8. The Morgan fingerprint density at radius 3 is 2.30 bits per heavy atom. The lowest BCUT2D eigenvalue weighted by Crippen LogP contribution is -1.95. The highest BCUT2D eigenvalue weighted by Crippen LogP contribution is 2.22. The monoisotopic (exact) mass is 270 g/mol. The maximum absolute atomic E-state index is 5.55. The van der Waals surface area contributed by atoms with Crippen LogP contribution in [-0.2, 0) is 0 Å². The third-order valence-corrected chi connectivity index (χ3v) is 2.58. The van der Waals surface area contributed by atoms with E-state index < -0.39 is 0 Å². The van der Waals surface area contributed by atoms with Gasteiger partial charge in [-0.15, -0.1) is 0 Å². The highest BCUT2D eigenvalue weighted by molar-refractivity contribution is 5.50. The van der Waals surface area contributed by atoms with Gasteiger partial charge >= 0.3 is 0 Å². The van der Waals surface area contributed by atoms with E-state index in [1.807, 2.05) is 69.4 Å². The van der Waals surface area contributed by atoms with E-state index in [4.69, 9.17) is 5.73 Å². The van der Waals surface area contributed by atoms with E-state index in [0.29, 0.717) is 6.54 Å². The van der Waals surface area contributed by atoms with Crippen molar-refractivity contribution in [1.29, 1.82) is 0 Å².